The van der Waals surface area contributed by atoms with Gasteiger partial charge in [-0.2, -0.15) is 14.7 Å². The minimum Gasteiger partial charge on any atom is -0.272 e. The molecule has 0 N–H and O–H groups in total. The van der Waals surface area contributed by atoms with Crippen LogP contribution < -0.4 is 0 Å². The molecule has 0 aliphatic heterocycles. The first-order chi connectivity index (χ1) is 10.2. The van der Waals surface area contributed by atoms with E-state index in [9.17, 15) is 0 Å². The number of pyridine rings is 1. The maximum absolute atomic E-state index is 4.62. The summed E-state index contributed by atoms with van der Waals surface area (Å²) in [6.45, 7) is 2.00. The number of fused-ring (bicyclic) bond motifs is 1. The standard InChI is InChI=1S/C13H11N7S/c1-8-10(7-15-19(8)2)11-16-17-13-20(11)18-12(21-13)9-3-5-14-6-4-9/h3-7H,1-2H3. The molecular formula is C13H11N7S. The molecule has 0 spiro atoms. The van der Waals surface area contributed by atoms with Gasteiger partial charge in [-0.25, -0.2) is 0 Å². The highest BCUT2D eigenvalue weighted by atomic mass is 32.1. The molecule has 0 aromatic carbocycles. The number of hydrogen-bond acceptors (Lipinski definition) is 6. The van der Waals surface area contributed by atoms with Crippen molar-refractivity contribution < 1.29 is 0 Å². The normalized spacial score (nSPS) is 11.3. The first-order valence-corrected chi connectivity index (χ1v) is 7.17. The van der Waals surface area contributed by atoms with Crippen LogP contribution >= 0.6 is 11.3 Å². The summed E-state index contributed by atoms with van der Waals surface area (Å²) in [6.07, 6.45) is 5.30. The first kappa shape index (κ1) is 12.2. The van der Waals surface area contributed by atoms with E-state index >= 15 is 0 Å². The van der Waals surface area contributed by atoms with Crippen LogP contribution in [-0.4, -0.2) is 34.6 Å². The summed E-state index contributed by atoms with van der Waals surface area (Å²) < 4.78 is 3.58. The summed E-state index contributed by atoms with van der Waals surface area (Å²) in [5.41, 5.74) is 2.99. The molecule has 4 aromatic rings. The second-order valence-corrected chi connectivity index (χ2v) is 5.58. The van der Waals surface area contributed by atoms with Gasteiger partial charge in [0.25, 0.3) is 0 Å². The zero-order valence-corrected chi connectivity index (χ0v) is 12.2. The average molecular weight is 297 g/mol. The lowest BCUT2D eigenvalue weighted by Gasteiger charge is -1.97. The molecular weight excluding hydrogens is 286 g/mol. The van der Waals surface area contributed by atoms with Gasteiger partial charge >= 0.3 is 0 Å². The van der Waals surface area contributed by atoms with Gasteiger partial charge < -0.3 is 0 Å². The van der Waals surface area contributed by atoms with Gasteiger partial charge in [0, 0.05) is 30.7 Å². The minimum absolute atomic E-state index is 0.715. The highest BCUT2D eigenvalue weighted by Gasteiger charge is 2.17. The molecule has 104 valence electrons. The molecule has 0 unspecified atom stereocenters. The van der Waals surface area contributed by atoms with Crippen LogP contribution in [0.2, 0.25) is 0 Å². The first-order valence-electron chi connectivity index (χ1n) is 6.35. The fraction of sp³-hybridized carbons (Fsp3) is 0.154. The highest BCUT2D eigenvalue weighted by Crippen LogP contribution is 2.28. The summed E-state index contributed by atoms with van der Waals surface area (Å²) in [4.78, 5) is 4.79. The summed E-state index contributed by atoms with van der Waals surface area (Å²) in [6, 6.07) is 3.86. The Morgan fingerprint density at radius 3 is 2.67 bits per heavy atom. The Morgan fingerprint density at radius 1 is 1.14 bits per heavy atom. The van der Waals surface area contributed by atoms with E-state index in [2.05, 4.69) is 25.4 Å². The van der Waals surface area contributed by atoms with E-state index in [4.69, 9.17) is 0 Å². The van der Waals surface area contributed by atoms with Gasteiger partial charge in [-0.05, 0) is 19.1 Å². The monoisotopic (exact) mass is 297 g/mol. The fourth-order valence-electron chi connectivity index (χ4n) is 2.11. The van der Waals surface area contributed by atoms with E-state index in [1.54, 1.807) is 23.1 Å². The van der Waals surface area contributed by atoms with Crippen molar-refractivity contribution in [2.45, 2.75) is 6.92 Å². The molecule has 0 fully saturated rings. The lowest BCUT2D eigenvalue weighted by atomic mass is 10.2. The van der Waals surface area contributed by atoms with Crippen molar-refractivity contribution >= 4 is 16.3 Å². The Labute approximate surface area is 123 Å². The van der Waals surface area contributed by atoms with E-state index in [-0.39, 0.29) is 0 Å². The van der Waals surface area contributed by atoms with E-state index in [1.165, 1.54) is 11.3 Å². The van der Waals surface area contributed by atoms with E-state index < -0.39 is 0 Å². The number of aromatic nitrogens is 7. The quantitative estimate of drug-likeness (QED) is 0.565. The van der Waals surface area contributed by atoms with Crippen molar-refractivity contribution in [3.8, 4) is 22.0 Å². The Bertz CT molecular complexity index is 919. The number of nitrogens with zero attached hydrogens (tertiary/aromatic N) is 7. The molecule has 4 heterocycles. The minimum atomic E-state index is 0.715. The van der Waals surface area contributed by atoms with Gasteiger partial charge in [0.2, 0.25) is 4.96 Å². The van der Waals surface area contributed by atoms with Gasteiger partial charge in [-0.3, -0.25) is 9.67 Å². The van der Waals surface area contributed by atoms with Crippen LogP contribution in [-0.2, 0) is 7.05 Å². The van der Waals surface area contributed by atoms with Gasteiger partial charge in [-0.15, -0.1) is 10.2 Å². The zero-order chi connectivity index (χ0) is 14.4. The molecule has 0 aliphatic rings. The van der Waals surface area contributed by atoms with Crippen molar-refractivity contribution in [3.05, 3.63) is 36.4 Å². The summed E-state index contributed by atoms with van der Waals surface area (Å²) in [7, 11) is 1.90. The molecule has 21 heavy (non-hydrogen) atoms. The van der Waals surface area contributed by atoms with Crippen molar-refractivity contribution in [2.24, 2.45) is 7.05 Å². The van der Waals surface area contributed by atoms with Crippen LogP contribution in [0.15, 0.2) is 30.7 Å². The maximum Gasteiger partial charge on any atom is 0.235 e. The van der Waals surface area contributed by atoms with Crippen LogP contribution in [0.4, 0.5) is 0 Å². The second-order valence-electron chi connectivity index (χ2n) is 4.63. The Hall–Kier alpha value is -2.61. The maximum atomic E-state index is 4.62. The fourth-order valence-corrected chi connectivity index (χ4v) is 2.96. The third-order valence-corrected chi connectivity index (χ3v) is 4.34. The third-order valence-electron chi connectivity index (χ3n) is 3.39. The molecule has 0 saturated carbocycles. The Kier molecular flexibility index (Phi) is 2.58. The molecule has 0 amide bonds. The van der Waals surface area contributed by atoms with Crippen molar-refractivity contribution in [2.75, 3.05) is 0 Å². The van der Waals surface area contributed by atoms with Crippen molar-refractivity contribution in [3.63, 3.8) is 0 Å². The van der Waals surface area contributed by atoms with Gasteiger partial charge in [0.1, 0.15) is 5.01 Å². The summed E-state index contributed by atoms with van der Waals surface area (Å²) in [5.74, 6) is 0.715. The molecule has 0 saturated heterocycles. The van der Waals surface area contributed by atoms with Crippen LogP contribution in [0.25, 0.3) is 26.9 Å². The largest absolute Gasteiger partial charge is 0.272 e. The zero-order valence-electron chi connectivity index (χ0n) is 11.4. The number of rotatable bonds is 2. The van der Waals surface area contributed by atoms with Crippen molar-refractivity contribution in [1.82, 2.24) is 34.6 Å². The number of hydrogen-bond donors (Lipinski definition) is 0. The molecule has 0 bridgehead atoms. The van der Waals surface area contributed by atoms with Crippen molar-refractivity contribution in [1.29, 1.82) is 0 Å². The van der Waals surface area contributed by atoms with E-state index in [0.717, 1.165) is 26.8 Å². The molecule has 7 nitrogen and oxygen atoms in total. The second kappa shape index (κ2) is 4.45. The Balaban J connectivity index is 1.89. The van der Waals surface area contributed by atoms with Crippen LogP contribution in [0.5, 0.6) is 0 Å². The van der Waals surface area contributed by atoms with Crippen LogP contribution in [0.1, 0.15) is 5.69 Å². The van der Waals surface area contributed by atoms with Crippen LogP contribution in [0.3, 0.4) is 0 Å². The molecule has 4 aromatic heterocycles. The van der Waals surface area contributed by atoms with Gasteiger partial charge in [0.05, 0.1) is 11.8 Å². The molecule has 8 heteroatoms. The van der Waals surface area contributed by atoms with E-state index in [0.29, 0.717) is 5.82 Å². The van der Waals surface area contributed by atoms with E-state index in [1.807, 2.05) is 30.8 Å². The smallest absolute Gasteiger partial charge is 0.235 e. The lowest BCUT2D eigenvalue weighted by Crippen LogP contribution is -1.95. The SMILES string of the molecule is Cc1c(-c2nnc3sc(-c4ccncc4)nn23)cnn1C. The third kappa shape index (κ3) is 1.83. The number of aryl methyl sites for hydroxylation is 1. The predicted octanol–water partition coefficient (Wildman–Crippen LogP) is 1.96. The predicted molar refractivity (Wildman–Crippen MR) is 78.8 cm³/mol. The summed E-state index contributed by atoms with van der Waals surface area (Å²) >= 11 is 1.50. The average Bonchev–Trinajstić information content (AvgIpc) is 3.17. The highest BCUT2D eigenvalue weighted by molar-refractivity contribution is 7.19. The van der Waals surface area contributed by atoms with Gasteiger partial charge in [0.15, 0.2) is 5.82 Å². The van der Waals surface area contributed by atoms with Gasteiger partial charge in [-0.1, -0.05) is 11.3 Å². The molecule has 0 radical (unpaired) electrons. The Morgan fingerprint density at radius 2 is 1.95 bits per heavy atom. The summed E-state index contributed by atoms with van der Waals surface area (Å²) in [5, 5.41) is 18.2. The topological polar surface area (TPSA) is 73.8 Å². The molecule has 0 aliphatic carbocycles. The lowest BCUT2D eigenvalue weighted by molar-refractivity contribution is 0.740. The van der Waals surface area contributed by atoms with Crippen LogP contribution in [0, 0.1) is 6.92 Å². The molecule has 4 rings (SSSR count). The molecule has 0 atom stereocenters.